The van der Waals surface area contributed by atoms with Crippen molar-refractivity contribution in [2.24, 2.45) is 0 Å². The van der Waals surface area contributed by atoms with Crippen LogP contribution in [0.5, 0.6) is 0 Å². The summed E-state index contributed by atoms with van der Waals surface area (Å²) in [6.45, 7) is 5.96. The van der Waals surface area contributed by atoms with Crippen LogP contribution in [0.2, 0.25) is 0 Å². The average Bonchev–Trinajstić information content (AvgIpc) is 3.54. The van der Waals surface area contributed by atoms with Gasteiger partial charge in [0.25, 0.3) is 5.89 Å². The number of alkyl halides is 3. The van der Waals surface area contributed by atoms with Gasteiger partial charge in [0, 0.05) is 11.1 Å². The van der Waals surface area contributed by atoms with Gasteiger partial charge in [0.1, 0.15) is 11.5 Å². The van der Waals surface area contributed by atoms with Gasteiger partial charge in [-0.05, 0) is 45.0 Å². The van der Waals surface area contributed by atoms with Crippen molar-refractivity contribution >= 4 is 0 Å². The van der Waals surface area contributed by atoms with Gasteiger partial charge in [0.15, 0.2) is 5.69 Å². The van der Waals surface area contributed by atoms with Crippen LogP contribution < -0.4 is 0 Å². The molecule has 5 rings (SSSR count). The van der Waals surface area contributed by atoms with E-state index in [1.165, 1.54) is 12.1 Å². The Labute approximate surface area is 197 Å². The van der Waals surface area contributed by atoms with Gasteiger partial charge in [-0.3, -0.25) is 0 Å². The lowest BCUT2D eigenvalue weighted by Crippen LogP contribution is -2.05. The number of benzene rings is 2. The van der Waals surface area contributed by atoms with E-state index < -0.39 is 11.7 Å². The predicted molar refractivity (Wildman–Crippen MR) is 119 cm³/mol. The Bertz CT molecular complexity index is 1480. The third-order valence-electron chi connectivity index (χ3n) is 5.57. The van der Waals surface area contributed by atoms with Gasteiger partial charge in [-0.2, -0.15) is 18.2 Å². The van der Waals surface area contributed by atoms with E-state index in [9.17, 15) is 13.2 Å². The second-order valence-electron chi connectivity index (χ2n) is 8.07. The van der Waals surface area contributed by atoms with E-state index in [0.29, 0.717) is 40.8 Å². The zero-order valence-electron chi connectivity index (χ0n) is 19.0. The van der Waals surface area contributed by atoms with Gasteiger partial charge >= 0.3 is 6.18 Å². The summed E-state index contributed by atoms with van der Waals surface area (Å²) < 4.78 is 51.2. The van der Waals surface area contributed by atoms with Crippen molar-refractivity contribution in [3.8, 4) is 34.4 Å². The lowest BCUT2D eigenvalue weighted by atomic mass is 10.1. The molecule has 35 heavy (non-hydrogen) atoms. The molecule has 8 nitrogen and oxygen atoms in total. The Balaban J connectivity index is 1.37. The summed E-state index contributed by atoms with van der Waals surface area (Å²) in [5, 5.41) is 12.2. The molecule has 5 aromatic rings. The molecule has 0 aliphatic heterocycles. The molecule has 178 valence electrons. The Morgan fingerprint density at radius 3 is 2.23 bits per heavy atom. The molecule has 11 heteroatoms. The number of hydrogen-bond acceptors (Lipinski definition) is 7. The van der Waals surface area contributed by atoms with E-state index in [2.05, 4.69) is 25.4 Å². The molecule has 0 bridgehead atoms. The molecule has 0 fully saturated rings. The molecule has 0 amide bonds. The zero-order valence-corrected chi connectivity index (χ0v) is 19.0. The van der Waals surface area contributed by atoms with Gasteiger partial charge in [0.05, 0.1) is 17.8 Å². The molecule has 0 saturated carbocycles. The SMILES string of the molecule is Cc1ccc(-c2nc(Cn3nnc(-c4nc(-c5ccc(C(F)(F)F)cc5)no4)c3C)c(C)o2)cc1. The highest BCUT2D eigenvalue weighted by molar-refractivity contribution is 5.59. The monoisotopic (exact) mass is 480 g/mol. The maximum absolute atomic E-state index is 12.8. The van der Waals surface area contributed by atoms with E-state index in [1.54, 1.807) is 11.6 Å². The molecule has 0 aliphatic rings. The summed E-state index contributed by atoms with van der Waals surface area (Å²) >= 11 is 0. The normalized spacial score (nSPS) is 11.8. The second-order valence-corrected chi connectivity index (χ2v) is 8.07. The zero-order chi connectivity index (χ0) is 24.7. The fraction of sp³-hybridized carbons (Fsp3) is 0.208. The standard InChI is InChI=1S/C24H19F3N6O2/c1-13-4-6-17(7-5-13)22-28-19(15(3)34-22)12-33-14(2)20(30-32-33)23-29-21(31-35-23)16-8-10-18(11-9-16)24(25,26)27/h4-11H,12H2,1-3H3. The second kappa shape index (κ2) is 8.49. The number of hydrogen-bond donors (Lipinski definition) is 0. The Morgan fingerprint density at radius 1 is 0.857 bits per heavy atom. The Morgan fingerprint density at radius 2 is 1.54 bits per heavy atom. The van der Waals surface area contributed by atoms with E-state index >= 15 is 0 Å². The van der Waals surface area contributed by atoms with Gasteiger partial charge in [0.2, 0.25) is 11.7 Å². The fourth-order valence-electron chi connectivity index (χ4n) is 3.49. The molecule has 0 unspecified atom stereocenters. The third-order valence-corrected chi connectivity index (χ3v) is 5.57. The number of nitrogens with zero attached hydrogens (tertiary/aromatic N) is 6. The van der Waals surface area contributed by atoms with Crippen LogP contribution >= 0.6 is 0 Å². The molecule has 0 aliphatic carbocycles. The maximum atomic E-state index is 12.8. The number of aryl methyl sites for hydroxylation is 2. The molecular formula is C24H19F3N6O2. The van der Waals surface area contributed by atoms with E-state index in [1.807, 2.05) is 38.1 Å². The van der Waals surface area contributed by atoms with Crippen LogP contribution in [0.1, 0.15) is 28.3 Å². The van der Waals surface area contributed by atoms with Crippen molar-refractivity contribution in [1.29, 1.82) is 0 Å². The van der Waals surface area contributed by atoms with Crippen LogP contribution in [-0.2, 0) is 12.7 Å². The maximum Gasteiger partial charge on any atom is 0.416 e. The number of halogens is 3. The number of rotatable bonds is 5. The highest BCUT2D eigenvalue weighted by Crippen LogP contribution is 2.31. The van der Waals surface area contributed by atoms with E-state index in [0.717, 1.165) is 23.3 Å². The molecule has 2 aromatic carbocycles. The third kappa shape index (κ3) is 4.44. The average molecular weight is 480 g/mol. The van der Waals surface area contributed by atoms with Crippen molar-refractivity contribution in [2.45, 2.75) is 33.5 Å². The van der Waals surface area contributed by atoms with E-state index in [4.69, 9.17) is 8.94 Å². The summed E-state index contributed by atoms with van der Waals surface area (Å²) in [6.07, 6.45) is -4.42. The van der Waals surface area contributed by atoms with Crippen molar-refractivity contribution in [1.82, 2.24) is 30.1 Å². The molecule has 3 aromatic heterocycles. The predicted octanol–water partition coefficient (Wildman–Crippen LogP) is 5.64. The smallest absolute Gasteiger partial charge is 0.416 e. The first-order valence-electron chi connectivity index (χ1n) is 10.6. The summed E-state index contributed by atoms with van der Waals surface area (Å²) in [4.78, 5) is 8.89. The molecule has 0 radical (unpaired) electrons. The summed E-state index contributed by atoms with van der Waals surface area (Å²) in [7, 11) is 0. The van der Waals surface area contributed by atoms with Crippen LogP contribution in [0.3, 0.4) is 0 Å². The molecule has 0 N–H and O–H groups in total. The minimum Gasteiger partial charge on any atom is -0.441 e. The lowest BCUT2D eigenvalue weighted by Gasteiger charge is -2.05. The molecule has 0 spiro atoms. The lowest BCUT2D eigenvalue weighted by molar-refractivity contribution is -0.137. The van der Waals surface area contributed by atoms with Crippen molar-refractivity contribution < 1.29 is 22.1 Å². The molecular weight excluding hydrogens is 461 g/mol. The van der Waals surface area contributed by atoms with Crippen molar-refractivity contribution in [2.75, 3.05) is 0 Å². The molecule has 0 atom stereocenters. The Hall–Kier alpha value is -4.28. The first-order valence-corrected chi connectivity index (χ1v) is 10.6. The van der Waals surface area contributed by atoms with Crippen LogP contribution in [0, 0.1) is 20.8 Å². The number of aromatic nitrogens is 6. The van der Waals surface area contributed by atoms with Crippen molar-refractivity contribution in [3.05, 3.63) is 76.8 Å². The number of oxazole rings is 1. The summed E-state index contributed by atoms with van der Waals surface area (Å²) in [5.74, 6) is 1.45. The highest BCUT2D eigenvalue weighted by Gasteiger charge is 2.30. The summed E-state index contributed by atoms with van der Waals surface area (Å²) in [5.41, 5.74) is 3.39. The Kier molecular flexibility index (Phi) is 5.46. The van der Waals surface area contributed by atoms with Crippen molar-refractivity contribution in [3.63, 3.8) is 0 Å². The van der Waals surface area contributed by atoms with Gasteiger partial charge in [-0.25, -0.2) is 9.67 Å². The van der Waals surface area contributed by atoms with Gasteiger partial charge in [-0.15, -0.1) is 5.10 Å². The molecule has 3 heterocycles. The van der Waals surface area contributed by atoms with Crippen LogP contribution in [-0.4, -0.2) is 30.1 Å². The topological polar surface area (TPSA) is 95.7 Å². The van der Waals surface area contributed by atoms with Crippen LogP contribution in [0.4, 0.5) is 13.2 Å². The van der Waals surface area contributed by atoms with E-state index in [-0.39, 0.29) is 11.7 Å². The van der Waals surface area contributed by atoms with Gasteiger partial charge in [-0.1, -0.05) is 40.2 Å². The summed E-state index contributed by atoms with van der Waals surface area (Å²) in [6, 6.07) is 12.4. The first-order chi connectivity index (χ1) is 16.7. The fourth-order valence-corrected chi connectivity index (χ4v) is 3.49. The largest absolute Gasteiger partial charge is 0.441 e. The van der Waals surface area contributed by atoms with Gasteiger partial charge < -0.3 is 8.94 Å². The van der Waals surface area contributed by atoms with Crippen LogP contribution in [0.25, 0.3) is 34.4 Å². The minimum atomic E-state index is -4.42. The minimum absolute atomic E-state index is 0.112. The van der Waals surface area contributed by atoms with Crippen LogP contribution in [0.15, 0.2) is 57.5 Å². The quantitative estimate of drug-likeness (QED) is 0.321. The first kappa shape index (κ1) is 22.5. The molecule has 0 saturated heterocycles. The highest BCUT2D eigenvalue weighted by atomic mass is 19.4.